The van der Waals surface area contributed by atoms with E-state index in [2.05, 4.69) is 201 Å². The minimum atomic E-state index is 1.10. The van der Waals surface area contributed by atoms with Crippen LogP contribution in [0.3, 0.4) is 0 Å². The first-order valence-corrected chi connectivity index (χ1v) is 18.3. The lowest BCUT2D eigenvalue weighted by atomic mass is 9.98. The molecule has 0 aliphatic carbocycles. The van der Waals surface area contributed by atoms with Crippen molar-refractivity contribution in [1.82, 2.24) is 4.40 Å². The van der Waals surface area contributed by atoms with Crippen molar-refractivity contribution in [2.45, 2.75) is 6.92 Å². The maximum atomic E-state index is 3.92. The molecule has 0 fully saturated rings. The van der Waals surface area contributed by atoms with Crippen LogP contribution in [-0.4, -0.2) is 4.40 Å². The highest BCUT2D eigenvalue weighted by molar-refractivity contribution is 7.28. The molecular formula is C49H37N2P. The van der Waals surface area contributed by atoms with Crippen molar-refractivity contribution in [2.24, 2.45) is 0 Å². The Morgan fingerprint density at radius 2 is 1.23 bits per heavy atom. The molecule has 0 aliphatic rings. The lowest BCUT2D eigenvalue weighted by Crippen LogP contribution is -2.17. The molecule has 7 aromatic carbocycles. The van der Waals surface area contributed by atoms with Gasteiger partial charge in [-0.25, -0.2) is 0 Å². The summed E-state index contributed by atoms with van der Waals surface area (Å²) in [6.07, 6.45) is 8.08. The van der Waals surface area contributed by atoms with Gasteiger partial charge in [0.25, 0.3) is 0 Å². The van der Waals surface area contributed by atoms with Gasteiger partial charge in [-0.15, -0.1) is 9.24 Å². The lowest BCUT2D eigenvalue weighted by Gasteiger charge is -2.29. The SMILES string of the molecule is C=C/C=C(\C=C/C)c1ccc(-c2cccc(N(c3ccc(-c4ccccc4)cc3)c3cccc4c3c3cccc5c6ccccc6n4c53)c2P)cc1. The molecule has 9 rings (SSSR count). The van der Waals surface area contributed by atoms with Gasteiger partial charge in [-0.3, -0.25) is 0 Å². The number of para-hydroxylation sites is 2. The van der Waals surface area contributed by atoms with Gasteiger partial charge in [0.1, 0.15) is 0 Å². The summed E-state index contributed by atoms with van der Waals surface area (Å²) in [5.41, 5.74) is 14.1. The third-order valence-electron chi connectivity index (χ3n) is 10.2. The monoisotopic (exact) mass is 684 g/mol. The molecule has 0 aliphatic heterocycles. The van der Waals surface area contributed by atoms with Crippen molar-refractivity contribution in [1.29, 1.82) is 0 Å². The number of hydrogen-bond acceptors (Lipinski definition) is 1. The van der Waals surface area contributed by atoms with E-state index >= 15 is 0 Å². The first-order chi connectivity index (χ1) is 25.7. The molecular weight excluding hydrogens is 648 g/mol. The summed E-state index contributed by atoms with van der Waals surface area (Å²) in [6.45, 7) is 5.96. The lowest BCUT2D eigenvalue weighted by molar-refractivity contribution is 1.31. The molecule has 0 spiro atoms. The minimum absolute atomic E-state index is 1.10. The van der Waals surface area contributed by atoms with Crippen LogP contribution in [0.25, 0.3) is 65.9 Å². The third kappa shape index (κ3) is 5.15. The van der Waals surface area contributed by atoms with Crippen molar-refractivity contribution in [2.75, 3.05) is 4.90 Å². The standard InChI is InChI=1S/C49H37N2P/c1-3-13-33(14-4-2)35-25-27-37(28-26-35)39-18-11-24-46(49(39)52)50(38-31-29-36(30-32-38)34-15-6-5-7-16-34)44-22-12-23-45-47(44)42-20-10-19-41-40-17-8-9-21-43(40)51(45)48(41)42/h3-32H,1,52H2,2H3/b14-4-,33-13+. The zero-order valence-corrected chi connectivity index (χ0v) is 30.2. The molecule has 0 N–H and O–H groups in total. The Balaban J connectivity index is 1.26. The second-order valence-electron chi connectivity index (χ2n) is 13.1. The topological polar surface area (TPSA) is 7.65 Å². The summed E-state index contributed by atoms with van der Waals surface area (Å²) < 4.78 is 2.46. The summed E-state index contributed by atoms with van der Waals surface area (Å²) in [4.78, 5) is 2.44. The largest absolute Gasteiger partial charge is 0.309 e. The van der Waals surface area contributed by atoms with E-state index in [1.807, 2.05) is 13.0 Å². The fourth-order valence-electron chi connectivity index (χ4n) is 7.89. The van der Waals surface area contributed by atoms with Crippen molar-refractivity contribution < 1.29 is 0 Å². The van der Waals surface area contributed by atoms with Gasteiger partial charge >= 0.3 is 0 Å². The number of aromatic nitrogens is 1. The summed E-state index contributed by atoms with van der Waals surface area (Å²) in [6, 6.07) is 57.3. The number of hydrogen-bond donors (Lipinski definition) is 0. The minimum Gasteiger partial charge on any atom is -0.309 e. The smallest absolute Gasteiger partial charge is 0.0621 e. The van der Waals surface area contributed by atoms with Gasteiger partial charge in [0.2, 0.25) is 0 Å². The second kappa shape index (κ2) is 13.2. The zero-order chi connectivity index (χ0) is 35.2. The molecule has 0 saturated heterocycles. The first kappa shape index (κ1) is 31.7. The molecule has 248 valence electrons. The number of nitrogens with zero attached hydrogens (tertiary/aromatic N) is 2. The number of rotatable bonds is 8. The molecule has 0 radical (unpaired) electrons. The predicted octanol–water partition coefficient (Wildman–Crippen LogP) is 13.3. The Hall–Kier alpha value is -6.21. The van der Waals surface area contributed by atoms with Crippen LogP contribution < -0.4 is 10.2 Å². The summed E-state index contributed by atoms with van der Waals surface area (Å²) in [7, 11) is 3.10. The summed E-state index contributed by atoms with van der Waals surface area (Å²) >= 11 is 0. The number of benzene rings is 7. The van der Waals surface area contributed by atoms with E-state index in [1.54, 1.807) is 0 Å². The summed E-state index contributed by atoms with van der Waals surface area (Å²) in [5.74, 6) is 0. The third-order valence-corrected chi connectivity index (χ3v) is 10.8. The average molecular weight is 685 g/mol. The molecule has 0 saturated carbocycles. The van der Waals surface area contributed by atoms with Crippen molar-refractivity contribution in [3.63, 3.8) is 0 Å². The molecule has 52 heavy (non-hydrogen) atoms. The van der Waals surface area contributed by atoms with Gasteiger partial charge in [0, 0.05) is 32.5 Å². The maximum absolute atomic E-state index is 3.92. The van der Waals surface area contributed by atoms with Crippen molar-refractivity contribution in [3.8, 4) is 22.3 Å². The van der Waals surface area contributed by atoms with E-state index in [0.717, 1.165) is 33.5 Å². The fourth-order valence-corrected chi connectivity index (χ4v) is 8.37. The van der Waals surface area contributed by atoms with Gasteiger partial charge in [-0.2, -0.15) is 0 Å². The van der Waals surface area contributed by atoms with Gasteiger partial charge in [-0.1, -0.05) is 152 Å². The molecule has 3 heteroatoms. The first-order valence-electron chi connectivity index (χ1n) is 17.7. The van der Waals surface area contributed by atoms with Gasteiger partial charge in [0.05, 0.1) is 27.9 Å². The van der Waals surface area contributed by atoms with Gasteiger partial charge in [0.15, 0.2) is 0 Å². The maximum Gasteiger partial charge on any atom is 0.0621 e. The Morgan fingerprint density at radius 1 is 0.596 bits per heavy atom. The van der Waals surface area contributed by atoms with Crippen LogP contribution in [-0.2, 0) is 0 Å². The van der Waals surface area contributed by atoms with Crippen molar-refractivity contribution in [3.05, 3.63) is 194 Å². The van der Waals surface area contributed by atoms with E-state index in [4.69, 9.17) is 0 Å². The van der Waals surface area contributed by atoms with Crippen LogP contribution in [0.2, 0.25) is 0 Å². The molecule has 1 atom stereocenters. The Morgan fingerprint density at radius 3 is 2.02 bits per heavy atom. The Bertz CT molecular complexity index is 2800. The normalized spacial score (nSPS) is 12.2. The molecule has 2 nitrogen and oxygen atoms in total. The highest BCUT2D eigenvalue weighted by Crippen LogP contribution is 2.46. The van der Waals surface area contributed by atoms with Crippen LogP contribution in [0.1, 0.15) is 12.5 Å². The molecule has 0 bridgehead atoms. The van der Waals surface area contributed by atoms with E-state index in [-0.39, 0.29) is 0 Å². The quantitative estimate of drug-likeness (QED) is 0.114. The zero-order valence-electron chi connectivity index (χ0n) is 29.0. The van der Waals surface area contributed by atoms with Crippen LogP contribution in [0, 0.1) is 0 Å². The Labute approximate surface area is 306 Å². The predicted molar refractivity (Wildman–Crippen MR) is 229 cm³/mol. The summed E-state index contributed by atoms with van der Waals surface area (Å²) in [5, 5.41) is 6.20. The molecule has 2 aromatic heterocycles. The highest BCUT2D eigenvalue weighted by atomic mass is 31.0. The van der Waals surface area contributed by atoms with E-state index in [1.165, 1.54) is 60.3 Å². The molecule has 1 unspecified atom stereocenters. The van der Waals surface area contributed by atoms with Crippen LogP contribution in [0.5, 0.6) is 0 Å². The molecule has 0 amide bonds. The second-order valence-corrected chi connectivity index (χ2v) is 13.7. The number of fused-ring (bicyclic) bond motifs is 6. The van der Waals surface area contributed by atoms with Gasteiger partial charge < -0.3 is 9.30 Å². The fraction of sp³-hybridized carbons (Fsp3) is 0.0204. The van der Waals surface area contributed by atoms with Crippen molar-refractivity contribution >= 4 is 75.3 Å². The average Bonchev–Trinajstić information content (AvgIpc) is 3.72. The van der Waals surface area contributed by atoms with Crippen LogP contribution in [0.15, 0.2) is 189 Å². The van der Waals surface area contributed by atoms with E-state index in [9.17, 15) is 0 Å². The number of anilines is 3. The van der Waals surface area contributed by atoms with E-state index in [0.29, 0.717) is 0 Å². The number of allylic oxidation sites excluding steroid dienone is 5. The van der Waals surface area contributed by atoms with E-state index < -0.39 is 0 Å². The highest BCUT2D eigenvalue weighted by Gasteiger charge is 2.24. The molecule has 9 aromatic rings. The molecule has 2 heterocycles. The Kier molecular flexibility index (Phi) is 8.03. The van der Waals surface area contributed by atoms with Gasteiger partial charge in [-0.05, 0) is 76.7 Å². The van der Waals surface area contributed by atoms with Crippen LogP contribution >= 0.6 is 9.24 Å². The van der Waals surface area contributed by atoms with Crippen LogP contribution in [0.4, 0.5) is 17.1 Å².